The summed E-state index contributed by atoms with van der Waals surface area (Å²) in [4.78, 5) is 27.5. The Kier molecular flexibility index (Phi) is 6.72. The predicted octanol–water partition coefficient (Wildman–Crippen LogP) is 4.24. The van der Waals surface area contributed by atoms with Crippen LogP contribution in [-0.2, 0) is 0 Å². The Morgan fingerprint density at radius 3 is 2.52 bits per heavy atom. The summed E-state index contributed by atoms with van der Waals surface area (Å²) in [6, 6.07) is 14.7. The van der Waals surface area contributed by atoms with Crippen LogP contribution in [0.2, 0.25) is 0 Å². The average Bonchev–Trinajstić information content (AvgIpc) is 3.25. The molecule has 1 saturated carbocycles. The van der Waals surface area contributed by atoms with Gasteiger partial charge >= 0.3 is 0 Å². The van der Waals surface area contributed by atoms with Gasteiger partial charge in [-0.2, -0.15) is 0 Å². The van der Waals surface area contributed by atoms with E-state index >= 15 is 0 Å². The second-order valence-corrected chi connectivity index (χ2v) is 8.38. The standard InChI is InChI=1S/C25H29N5O3/c1-17-23(27-28-30(17)21-10-7-11-22(16-21)33-3)24(31)26-19-14-12-18(13-15-19)25(32)29(2)20-8-5-4-6-9-20/h7,10-16,20H,4-6,8-9H2,1-3H3,(H,26,31). The van der Waals surface area contributed by atoms with Crippen molar-refractivity contribution < 1.29 is 14.3 Å². The molecule has 1 fully saturated rings. The number of nitrogens with zero attached hydrogens (tertiary/aromatic N) is 4. The van der Waals surface area contributed by atoms with Crippen LogP contribution in [0.4, 0.5) is 5.69 Å². The Labute approximate surface area is 193 Å². The lowest BCUT2D eigenvalue weighted by Gasteiger charge is -2.31. The van der Waals surface area contributed by atoms with Gasteiger partial charge in [-0.1, -0.05) is 30.5 Å². The first-order chi connectivity index (χ1) is 16.0. The van der Waals surface area contributed by atoms with E-state index in [2.05, 4.69) is 15.6 Å². The smallest absolute Gasteiger partial charge is 0.278 e. The summed E-state index contributed by atoms with van der Waals surface area (Å²) in [5, 5.41) is 11.0. The number of anilines is 1. The lowest BCUT2D eigenvalue weighted by atomic mass is 9.94. The normalized spacial score (nSPS) is 14.0. The molecule has 0 aliphatic heterocycles. The summed E-state index contributed by atoms with van der Waals surface area (Å²) in [5.41, 5.74) is 2.80. The minimum absolute atomic E-state index is 0.0110. The van der Waals surface area contributed by atoms with Crippen LogP contribution in [0.3, 0.4) is 0 Å². The number of hydrogen-bond donors (Lipinski definition) is 1. The molecule has 0 radical (unpaired) electrons. The molecule has 0 saturated heterocycles. The Morgan fingerprint density at radius 2 is 1.82 bits per heavy atom. The highest BCUT2D eigenvalue weighted by Gasteiger charge is 2.23. The van der Waals surface area contributed by atoms with Crippen molar-refractivity contribution >= 4 is 17.5 Å². The van der Waals surface area contributed by atoms with Gasteiger partial charge in [-0.15, -0.1) is 5.10 Å². The van der Waals surface area contributed by atoms with Crippen molar-refractivity contribution in [3.8, 4) is 11.4 Å². The fourth-order valence-electron chi connectivity index (χ4n) is 4.25. The maximum absolute atomic E-state index is 12.8. The van der Waals surface area contributed by atoms with Crippen LogP contribution in [-0.4, -0.2) is 51.9 Å². The highest BCUT2D eigenvalue weighted by molar-refractivity contribution is 6.04. The summed E-state index contributed by atoms with van der Waals surface area (Å²) < 4.78 is 6.85. The lowest BCUT2D eigenvalue weighted by molar-refractivity contribution is 0.0696. The van der Waals surface area contributed by atoms with Crippen LogP contribution in [0, 0.1) is 6.92 Å². The Morgan fingerprint density at radius 1 is 1.09 bits per heavy atom. The topological polar surface area (TPSA) is 89.3 Å². The quantitative estimate of drug-likeness (QED) is 0.610. The zero-order valence-corrected chi connectivity index (χ0v) is 19.2. The van der Waals surface area contributed by atoms with Gasteiger partial charge in [0, 0.05) is 30.4 Å². The molecular formula is C25H29N5O3. The van der Waals surface area contributed by atoms with Crippen molar-refractivity contribution in [1.82, 2.24) is 19.9 Å². The van der Waals surface area contributed by atoms with Crippen molar-refractivity contribution in [2.45, 2.75) is 45.1 Å². The van der Waals surface area contributed by atoms with Crippen molar-refractivity contribution in [2.75, 3.05) is 19.5 Å². The largest absolute Gasteiger partial charge is 0.497 e. The molecule has 4 rings (SSSR count). The van der Waals surface area contributed by atoms with Gasteiger partial charge in [0.05, 0.1) is 18.5 Å². The van der Waals surface area contributed by atoms with Gasteiger partial charge in [0.2, 0.25) is 0 Å². The minimum Gasteiger partial charge on any atom is -0.497 e. The molecule has 1 aliphatic carbocycles. The van der Waals surface area contributed by atoms with Gasteiger partial charge in [-0.3, -0.25) is 9.59 Å². The van der Waals surface area contributed by atoms with Crippen LogP contribution in [0.15, 0.2) is 48.5 Å². The van der Waals surface area contributed by atoms with Gasteiger partial charge in [-0.05, 0) is 56.2 Å². The summed E-state index contributed by atoms with van der Waals surface area (Å²) >= 11 is 0. The van der Waals surface area contributed by atoms with E-state index in [1.54, 1.807) is 43.0 Å². The summed E-state index contributed by atoms with van der Waals surface area (Å²) in [5.74, 6) is 0.342. The third-order valence-corrected chi connectivity index (χ3v) is 6.24. The number of rotatable bonds is 6. The minimum atomic E-state index is -0.361. The molecule has 2 aromatic carbocycles. The van der Waals surface area contributed by atoms with Crippen molar-refractivity contribution in [1.29, 1.82) is 0 Å². The molecule has 33 heavy (non-hydrogen) atoms. The fraction of sp³-hybridized carbons (Fsp3) is 0.360. The third kappa shape index (κ3) is 4.89. The molecule has 0 unspecified atom stereocenters. The van der Waals surface area contributed by atoms with Crippen LogP contribution < -0.4 is 10.1 Å². The maximum atomic E-state index is 12.8. The first kappa shape index (κ1) is 22.5. The van der Waals surface area contributed by atoms with Gasteiger partial charge in [0.1, 0.15) is 5.75 Å². The SMILES string of the molecule is COc1cccc(-n2nnc(C(=O)Nc3ccc(C(=O)N(C)C4CCCCC4)cc3)c2C)c1. The van der Waals surface area contributed by atoms with Crippen molar-refractivity contribution in [3.63, 3.8) is 0 Å². The number of benzene rings is 2. The number of amides is 2. The molecule has 1 aliphatic rings. The summed E-state index contributed by atoms with van der Waals surface area (Å²) in [6.07, 6.45) is 5.72. The van der Waals surface area contributed by atoms with Gasteiger partial charge in [0.25, 0.3) is 11.8 Å². The predicted molar refractivity (Wildman–Crippen MR) is 126 cm³/mol. The van der Waals surface area contributed by atoms with E-state index in [4.69, 9.17) is 4.74 Å². The van der Waals surface area contributed by atoms with E-state index in [9.17, 15) is 9.59 Å². The Bertz CT molecular complexity index is 1130. The number of carbonyl (C=O) groups excluding carboxylic acids is 2. The van der Waals surface area contributed by atoms with Crippen LogP contribution in [0.25, 0.3) is 5.69 Å². The van der Waals surface area contributed by atoms with E-state index in [1.165, 1.54) is 19.3 Å². The van der Waals surface area contributed by atoms with E-state index in [1.807, 2.05) is 36.2 Å². The van der Waals surface area contributed by atoms with Crippen LogP contribution >= 0.6 is 0 Å². The first-order valence-corrected chi connectivity index (χ1v) is 11.2. The molecule has 8 heteroatoms. The molecule has 1 heterocycles. The van der Waals surface area contributed by atoms with E-state index in [0.29, 0.717) is 28.7 Å². The maximum Gasteiger partial charge on any atom is 0.278 e. The third-order valence-electron chi connectivity index (χ3n) is 6.24. The fourth-order valence-corrected chi connectivity index (χ4v) is 4.25. The molecule has 1 N–H and O–H groups in total. The zero-order chi connectivity index (χ0) is 23.4. The van der Waals surface area contributed by atoms with E-state index in [-0.39, 0.29) is 17.5 Å². The molecule has 3 aromatic rings. The highest BCUT2D eigenvalue weighted by atomic mass is 16.5. The molecule has 172 valence electrons. The van der Waals surface area contributed by atoms with E-state index in [0.717, 1.165) is 18.5 Å². The number of aromatic nitrogens is 3. The molecular weight excluding hydrogens is 418 g/mol. The van der Waals surface area contributed by atoms with Gasteiger partial charge in [-0.25, -0.2) is 4.68 Å². The van der Waals surface area contributed by atoms with Crippen LogP contribution in [0.1, 0.15) is 58.6 Å². The Hall–Kier alpha value is -3.68. The molecule has 8 nitrogen and oxygen atoms in total. The monoisotopic (exact) mass is 447 g/mol. The van der Waals surface area contributed by atoms with Crippen molar-refractivity contribution in [2.24, 2.45) is 0 Å². The number of methoxy groups -OCH3 is 1. The second-order valence-electron chi connectivity index (χ2n) is 8.38. The molecule has 0 atom stereocenters. The number of hydrogen-bond acceptors (Lipinski definition) is 5. The van der Waals surface area contributed by atoms with Gasteiger partial charge in [0.15, 0.2) is 5.69 Å². The van der Waals surface area contributed by atoms with Crippen molar-refractivity contribution in [3.05, 3.63) is 65.5 Å². The molecule has 0 spiro atoms. The number of carbonyl (C=O) groups is 2. The van der Waals surface area contributed by atoms with Crippen LogP contribution in [0.5, 0.6) is 5.75 Å². The Balaban J connectivity index is 1.44. The lowest BCUT2D eigenvalue weighted by Crippen LogP contribution is -2.38. The average molecular weight is 448 g/mol. The first-order valence-electron chi connectivity index (χ1n) is 11.2. The number of nitrogens with one attached hydrogen (secondary N) is 1. The van der Waals surface area contributed by atoms with E-state index < -0.39 is 0 Å². The zero-order valence-electron chi connectivity index (χ0n) is 19.2. The molecule has 1 aromatic heterocycles. The second kappa shape index (κ2) is 9.85. The highest BCUT2D eigenvalue weighted by Crippen LogP contribution is 2.23. The number of ether oxygens (including phenoxy) is 1. The summed E-state index contributed by atoms with van der Waals surface area (Å²) in [6.45, 7) is 1.79. The van der Waals surface area contributed by atoms with Gasteiger partial charge < -0.3 is 15.0 Å². The molecule has 0 bridgehead atoms. The molecule has 2 amide bonds. The summed E-state index contributed by atoms with van der Waals surface area (Å²) in [7, 11) is 3.47.